The minimum atomic E-state index is -3.01. The first kappa shape index (κ1) is 17.2. The number of aliphatic hydroxyl groups is 1. The van der Waals surface area contributed by atoms with Crippen LogP contribution in [-0.4, -0.2) is 49.9 Å². The Kier molecular flexibility index (Phi) is 5.08. The van der Waals surface area contributed by atoms with Crippen LogP contribution in [0.15, 0.2) is 0 Å². The molecule has 6 nitrogen and oxygen atoms in total. The standard InChI is InChI=1S/C13H25NO5S/c1-12(2,3)19-11(16)14-8-13(4,9-15)10-5-6-20(17,18)7-10/h10,15H,5-9H2,1-4H3,(H,14,16). The summed E-state index contributed by atoms with van der Waals surface area (Å²) in [5, 5.41) is 12.2. The number of aliphatic hydroxyl groups excluding tert-OH is 1. The first-order chi connectivity index (χ1) is 8.97. The van der Waals surface area contributed by atoms with E-state index in [1.54, 1.807) is 27.7 Å². The van der Waals surface area contributed by atoms with E-state index in [1.165, 1.54) is 0 Å². The van der Waals surface area contributed by atoms with Gasteiger partial charge in [0.1, 0.15) is 5.60 Å². The summed E-state index contributed by atoms with van der Waals surface area (Å²) >= 11 is 0. The normalized spacial score (nSPS) is 24.9. The first-order valence-corrected chi connectivity index (χ1v) is 8.58. The number of carbonyl (C=O) groups excluding carboxylic acids is 1. The van der Waals surface area contributed by atoms with Gasteiger partial charge in [-0.3, -0.25) is 0 Å². The summed E-state index contributed by atoms with van der Waals surface area (Å²) in [4.78, 5) is 11.6. The highest BCUT2D eigenvalue weighted by molar-refractivity contribution is 7.91. The largest absolute Gasteiger partial charge is 0.444 e. The van der Waals surface area contributed by atoms with Crippen LogP contribution < -0.4 is 5.32 Å². The summed E-state index contributed by atoms with van der Waals surface area (Å²) in [6.07, 6.45) is -0.0342. The number of hydrogen-bond acceptors (Lipinski definition) is 5. The number of carbonyl (C=O) groups is 1. The predicted octanol–water partition coefficient (Wildman–Crippen LogP) is 0.944. The third kappa shape index (κ3) is 4.94. The molecule has 0 aromatic rings. The van der Waals surface area contributed by atoms with Crippen molar-refractivity contribution in [3.8, 4) is 0 Å². The molecule has 0 radical (unpaired) electrons. The van der Waals surface area contributed by atoms with Gasteiger partial charge in [-0.15, -0.1) is 0 Å². The van der Waals surface area contributed by atoms with Crippen molar-refractivity contribution in [2.75, 3.05) is 24.7 Å². The maximum absolute atomic E-state index is 11.6. The summed E-state index contributed by atoms with van der Waals surface area (Å²) in [6, 6.07) is 0. The molecule has 1 aliphatic rings. The third-order valence-electron chi connectivity index (χ3n) is 3.61. The second kappa shape index (κ2) is 5.89. The Labute approximate surface area is 120 Å². The summed E-state index contributed by atoms with van der Waals surface area (Å²) in [6.45, 7) is 7.10. The van der Waals surface area contributed by atoms with Crippen LogP contribution in [0, 0.1) is 11.3 Å². The zero-order chi connectivity index (χ0) is 15.6. The number of rotatable bonds is 4. The van der Waals surface area contributed by atoms with Crippen LogP contribution in [0.4, 0.5) is 4.79 Å². The predicted molar refractivity (Wildman–Crippen MR) is 76.2 cm³/mol. The van der Waals surface area contributed by atoms with Gasteiger partial charge in [0, 0.05) is 12.0 Å². The maximum atomic E-state index is 11.6. The molecule has 0 aromatic heterocycles. The lowest BCUT2D eigenvalue weighted by Gasteiger charge is -2.33. The van der Waals surface area contributed by atoms with E-state index < -0.39 is 26.9 Å². The molecule has 0 aromatic carbocycles. The molecule has 1 saturated heterocycles. The summed E-state index contributed by atoms with van der Waals surface area (Å²) in [5.74, 6) is 0.0761. The Morgan fingerprint density at radius 2 is 1.95 bits per heavy atom. The van der Waals surface area contributed by atoms with Crippen LogP contribution in [0.25, 0.3) is 0 Å². The smallest absolute Gasteiger partial charge is 0.407 e. The van der Waals surface area contributed by atoms with Gasteiger partial charge < -0.3 is 15.2 Å². The van der Waals surface area contributed by atoms with E-state index in [2.05, 4.69) is 5.32 Å². The van der Waals surface area contributed by atoms with Gasteiger partial charge in [-0.2, -0.15) is 0 Å². The lowest BCUT2D eigenvalue weighted by Crippen LogP contribution is -2.45. The molecule has 2 atom stereocenters. The fourth-order valence-electron chi connectivity index (χ4n) is 2.26. The fourth-order valence-corrected chi connectivity index (χ4v) is 4.25. The van der Waals surface area contributed by atoms with Crippen molar-refractivity contribution >= 4 is 15.9 Å². The van der Waals surface area contributed by atoms with Gasteiger partial charge in [0.05, 0.1) is 18.1 Å². The van der Waals surface area contributed by atoms with Crippen LogP contribution in [-0.2, 0) is 14.6 Å². The maximum Gasteiger partial charge on any atom is 0.407 e. The molecule has 0 spiro atoms. The Morgan fingerprint density at radius 1 is 1.35 bits per heavy atom. The zero-order valence-electron chi connectivity index (χ0n) is 12.6. The molecule has 1 aliphatic heterocycles. The molecule has 2 unspecified atom stereocenters. The van der Waals surface area contributed by atoms with Gasteiger partial charge in [0.25, 0.3) is 0 Å². The van der Waals surface area contributed by atoms with E-state index in [9.17, 15) is 18.3 Å². The van der Waals surface area contributed by atoms with Crippen molar-refractivity contribution < 1.29 is 23.1 Å². The number of ether oxygens (including phenoxy) is 1. The molecular formula is C13H25NO5S. The van der Waals surface area contributed by atoms with Crippen molar-refractivity contribution in [3.05, 3.63) is 0 Å². The second-order valence-electron chi connectivity index (χ2n) is 6.77. The van der Waals surface area contributed by atoms with E-state index in [-0.39, 0.29) is 30.6 Å². The van der Waals surface area contributed by atoms with Crippen molar-refractivity contribution in [1.82, 2.24) is 5.32 Å². The van der Waals surface area contributed by atoms with Crippen molar-refractivity contribution in [2.24, 2.45) is 11.3 Å². The average molecular weight is 307 g/mol. The number of nitrogens with one attached hydrogen (secondary N) is 1. The molecule has 1 amide bonds. The van der Waals surface area contributed by atoms with Crippen LogP contribution >= 0.6 is 0 Å². The number of hydrogen-bond donors (Lipinski definition) is 2. The molecule has 7 heteroatoms. The van der Waals surface area contributed by atoms with E-state index in [1.807, 2.05) is 0 Å². The quantitative estimate of drug-likeness (QED) is 0.806. The highest BCUT2D eigenvalue weighted by Gasteiger charge is 2.41. The van der Waals surface area contributed by atoms with Gasteiger partial charge >= 0.3 is 6.09 Å². The molecule has 0 saturated carbocycles. The fraction of sp³-hybridized carbons (Fsp3) is 0.923. The van der Waals surface area contributed by atoms with Crippen LogP contribution in [0.1, 0.15) is 34.1 Å². The Bertz CT molecular complexity index is 454. The number of alkyl carbamates (subject to hydrolysis) is 1. The summed E-state index contributed by atoms with van der Waals surface area (Å²) in [5.41, 5.74) is -1.24. The number of amides is 1. The molecule has 0 aliphatic carbocycles. The molecule has 2 N–H and O–H groups in total. The van der Waals surface area contributed by atoms with E-state index >= 15 is 0 Å². The molecule has 20 heavy (non-hydrogen) atoms. The van der Waals surface area contributed by atoms with Crippen molar-refractivity contribution in [1.29, 1.82) is 0 Å². The minimum Gasteiger partial charge on any atom is -0.444 e. The average Bonchev–Trinajstić information content (AvgIpc) is 2.65. The summed E-state index contributed by atoms with van der Waals surface area (Å²) < 4.78 is 28.2. The highest BCUT2D eigenvalue weighted by atomic mass is 32.2. The summed E-state index contributed by atoms with van der Waals surface area (Å²) in [7, 11) is -3.01. The SMILES string of the molecule is CC(C)(C)OC(=O)NCC(C)(CO)C1CCS(=O)(=O)C1. The number of sulfone groups is 1. The minimum absolute atomic E-state index is 0.0695. The molecule has 118 valence electrons. The Hall–Kier alpha value is -0.820. The molecule has 1 fully saturated rings. The Balaban J connectivity index is 2.60. The first-order valence-electron chi connectivity index (χ1n) is 6.76. The second-order valence-corrected chi connectivity index (χ2v) is 9.00. The molecule has 0 bridgehead atoms. The van der Waals surface area contributed by atoms with Crippen LogP contribution in [0.2, 0.25) is 0 Å². The van der Waals surface area contributed by atoms with Crippen LogP contribution in [0.3, 0.4) is 0 Å². The van der Waals surface area contributed by atoms with Crippen molar-refractivity contribution in [2.45, 2.75) is 39.7 Å². The zero-order valence-corrected chi connectivity index (χ0v) is 13.4. The molecule has 1 rings (SSSR count). The van der Waals surface area contributed by atoms with Gasteiger partial charge in [-0.1, -0.05) is 6.92 Å². The van der Waals surface area contributed by atoms with E-state index in [0.717, 1.165) is 0 Å². The third-order valence-corrected chi connectivity index (χ3v) is 5.38. The molecule has 1 heterocycles. The highest BCUT2D eigenvalue weighted by Crippen LogP contribution is 2.35. The lowest BCUT2D eigenvalue weighted by molar-refractivity contribution is 0.0424. The molecular weight excluding hydrogens is 282 g/mol. The topological polar surface area (TPSA) is 92.7 Å². The Morgan fingerprint density at radius 3 is 2.35 bits per heavy atom. The monoisotopic (exact) mass is 307 g/mol. The van der Waals surface area contributed by atoms with Gasteiger partial charge in [-0.25, -0.2) is 13.2 Å². The van der Waals surface area contributed by atoms with E-state index in [4.69, 9.17) is 4.74 Å². The van der Waals surface area contributed by atoms with Gasteiger partial charge in [-0.05, 0) is 33.1 Å². The van der Waals surface area contributed by atoms with Gasteiger partial charge in [0.15, 0.2) is 9.84 Å². The van der Waals surface area contributed by atoms with Gasteiger partial charge in [0.2, 0.25) is 0 Å². The van der Waals surface area contributed by atoms with E-state index in [0.29, 0.717) is 6.42 Å². The van der Waals surface area contributed by atoms with Crippen molar-refractivity contribution in [3.63, 3.8) is 0 Å². The van der Waals surface area contributed by atoms with Crippen LogP contribution in [0.5, 0.6) is 0 Å². The lowest BCUT2D eigenvalue weighted by atomic mass is 9.77.